The molecular weight excluding hydrogens is 300 g/mol. The molecule has 0 amide bonds. The Morgan fingerprint density at radius 3 is 2.00 bits per heavy atom. The maximum atomic E-state index is 10.4. The molecule has 1 aliphatic rings. The van der Waals surface area contributed by atoms with Crippen molar-refractivity contribution in [2.75, 3.05) is 39.4 Å². The number of benzene rings is 2. The van der Waals surface area contributed by atoms with Crippen molar-refractivity contribution < 1.29 is 9.84 Å². The van der Waals surface area contributed by atoms with Crippen LogP contribution in [0.15, 0.2) is 60.7 Å². The summed E-state index contributed by atoms with van der Waals surface area (Å²) in [6.45, 7) is 4.57. The van der Waals surface area contributed by atoms with Crippen LogP contribution < -0.4 is 5.32 Å². The normalized spacial score (nSPS) is 17.1. The van der Waals surface area contributed by atoms with Crippen LogP contribution in [0, 0.1) is 0 Å². The molecule has 2 N–H and O–H groups in total. The van der Waals surface area contributed by atoms with Crippen LogP contribution in [-0.4, -0.2) is 55.5 Å². The van der Waals surface area contributed by atoms with Crippen LogP contribution in [0.2, 0.25) is 0 Å². The fourth-order valence-electron chi connectivity index (χ4n) is 3.12. The molecule has 1 heterocycles. The number of hydrogen-bond acceptors (Lipinski definition) is 4. The lowest BCUT2D eigenvalue weighted by Gasteiger charge is -2.29. The first-order valence-corrected chi connectivity index (χ1v) is 8.64. The molecule has 2 aromatic carbocycles. The highest BCUT2D eigenvalue weighted by Crippen LogP contribution is 2.21. The zero-order valence-electron chi connectivity index (χ0n) is 14.0. The molecule has 3 rings (SSSR count). The van der Waals surface area contributed by atoms with Crippen molar-refractivity contribution in [1.29, 1.82) is 0 Å². The van der Waals surface area contributed by atoms with Gasteiger partial charge in [0.1, 0.15) is 0 Å². The van der Waals surface area contributed by atoms with E-state index in [-0.39, 0.29) is 6.04 Å². The number of rotatable bonds is 7. The molecule has 0 spiro atoms. The van der Waals surface area contributed by atoms with Gasteiger partial charge in [0.2, 0.25) is 0 Å². The number of nitrogens with zero attached hydrogens (tertiary/aromatic N) is 1. The summed E-state index contributed by atoms with van der Waals surface area (Å²) in [4.78, 5) is 2.26. The first-order chi connectivity index (χ1) is 11.8. The number of ether oxygens (including phenoxy) is 1. The summed E-state index contributed by atoms with van der Waals surface area (Å²) in [5.74, 6) is 0. The minimum absolute atomic E-state index is 0.0896. The molecule has 0 bridgehead atoms. The van der Waals surface area contributed by atoms with E-state index in [1.807, 2.05) is 12.1 Å². The van der Waals surface area contributed by atoms with E-state index in [4.69, 9.17) is 4.74 Å². The lowest BCUT2D eigenvalue weighted by Crippen LogP contribution is -2.44. The van der Waals surface area contributed by atoms with Gasteiger partial charge in [-0.25, -0.2) is 0 Å². The van der Waals surface area contributed by atoms with Crippen molar-refractivity contribution in [3.05, 3.63) is 71.8 Å². The summed E-state index contributed by atoms with van der Waals surface area (Å²) < 4.78 is 5.36. The fraction of sp³-hybridized carbons (Fsp3) is 0.400. The van der Waals surface area contributed by atoms with Crippen LogP contribution in [0.25, 0.3) is 0 Å². The van der Waals surface area contributed by atoms with Gasteiger partial charge in [-0.05, 0) is 11.1 Å². The maximum Gasteiger partial charge on any atom is 0.0791 e. The Morgan fingerprint density at radius 2 is 1.46 bits per heavy atom. The lowest BCUT2D eigenvalue weighted by atomic mass is 9.98. The number of aliphatic hydroxyl groups excluding tert-OH is 1. The summed E-state index contributed by atoms with van der Waals surface area (Å²) in [7, 11) is 0. The fourth-order valence-corrected chi connectivity index (χ4v) is 3.12. The van der Waals surface area contributed by atoms with Crippen LogP contribution in [0.5, 0.6) is 0 Å². The van der Waals surface area contributed by atoms with E-state index >= 15 is 0 Å². The van der Waals surface area contributed by atoms with Crippen molar-refractivity contribution in [2.24, 2.45) is 0 Å². The average molecular weight is 326 g/mol. The Morgan fingerprint density at radius 1 is 0.917 bits per heavy atom. The topological polar surface area (TPSA) is 44.7 Å². The number of hydrogen-bond donors (Lipinski definition) is 2. The second-order valence-electron chi connectivity index (χ2n) is 6.23. The molecule has 0 saturated carbocycles. The van der Waals surface area contributed by atoms with Crippen molar-refractivity contribution in [3.8, 4) is 0 Å². The summed E-state index contributed by atoms with van der Waals surface area (Å²) in [6.07, 6.45) is -0.391. The van der Waals surface area contributed by atoms with E-state index in [9.17, 15) is 5.11 Å². The first-order valence-electron chi connectivity index (χ1n) is 8.64. The van der Waals surface area contributed by atoms with Gasteiger partial charge in [0, 0.05) is 26.2 Å². The van der Waals surface area contributed by atoms with Gasteiger partial charge in [0.25, 0.3) is 0 Å². The highest BCUT2D eigenvalue weighted by atomic mass is 16.5. The maximum absolute atomic E-state index is 10.4. The lowest BCUT2D eigenvalue weighted by molar-refractivity contribution is 0.0146. The Kier molecular flexibility index (Phi) is 6.38. The monoisotopic (exact) mass is 326 g/mol. The van der Waals surface area contributed by atoms with Crippen molar-refractivity contribution in [1.82, 2.24) is 10.2 Å². The second-order valence-corrected chi connectivity index (χ2v) is 6.23. The molecule has 1 atom stereocenters. The molecule has 4 heteroatoms. The van der Waals surface area contributed by atoms with Gasteiger partial charge >= 0.3 is 0 Å². The molecule has 0 aliphatic carbocycles. The quantitative estimate of drug-likeness (QED) is 0.817. The van der Waals surface area contributed by atoms with E-state index in [1.165, 1.54) is 11.1 Å². The molecule has 1 aliphatic heterocycles. The van der Waals surface area contributed by atoms with Crippen LogP contribution in [0.3, 0.4) is 0 Å². The van der Waals surface area contributed by atoms with Crippen molar-refractivity contribution in [2.45, 2.75) is 12.1 Å². The minimum atomic E-state index is -0.391. The van der Waals surface area contributed by atoms with Gasteiger partial charge in [-0.3, -0.25) is 4.90 Å². The van der Waals surface area contributed by atoms with Crippen LogP contribution >= 0.6 is 0 Å². The van der Waals surface area contributed by atoms with Gasteiger partial charge in [-0.15, -0.1) is 0 Å². The third-order valence-electron chi connectivity index (χ3n) is 4.40. The number of morpholine rings is 1. The van der Waals surface area contributed by atoms with Crippen LogP contribution in [-0.2, 0) is 4.74 Å². The molecule has 1 saturated heterocycles. The Labute approximate surface area is 144 Å². The molecule has 4 nitrogen and oxygen atoms in total. The van der Waals surface area contributed by atoms with Crippen molar-refractivity contribution in [3.63, 3.8) is 0 Å². The van der Waals surface area contributed by atoms with Gasteiger partial charge < -0.3 is 15.2 Å². The van der Waals surface area contributed by atoms with Crippen LogP contribution in [0.1, 0.15) is 17.2 Å². The SMILES string of the molecule is OC(CNC(c1ccccc1)c1ccccc1)CN1CCOCC1. The molecule has 1 unspecified atom stereocenters. The van der Waals surface area contributed by atoms with E-state index in [0.717, 1.165) is 26.3 Å². The Hall–Kier alpha value is -1.72. The van der Waals surface area contributed by atoms with E-state index in [0.29, 0.717) is 13.1 Å². The van der Waals surface area contributed by atoms with Gasteiger partial charge in [-0.2, -0.15) is 0 Å². The largest absolute Gasteiger partial charge is 0.390 e. The summed E-state index contributed by atoms with van der Waals surface area (Å²) in [6, 6.07) is 20.8. The number of nitrogens with one attached hydrogen (secondary N) is 1. The minimum Gasteiger partial charge on any atom is -0.390 e. The van der Waals surface area contributed by atoms with Gasteiger partial charge in [-0.1, -0.05) is 60.7 Å². The third kappa shape index (κ3) is 4.89. The first kappa shape index (κ1) is 17.1. The predicted molar refractivity (Wildman–Crippen MR) is 96.0 cm³/mol. The number of β-amino-alcohol motifs (C(OH)–C–C–N with tert-alkyl or cyclic N) is 1. The average Bonchev–Trinajstić information content (AvgIpc) is 2.64. The number of aliphatic hydroxyl groups is 1. The van der Waals surface area contributed by atoms with E-state index in [2.05, 4.69) is 58.7 Å². The molecule has 0 aromatic heterocycles. The van der Waals surface area contributed by atoms with Gasteiger partial charge in [0.05, 0.1) is 25.4 Å². The third-order valence-corrected chi connectivity index (χ3v) is 4.40. The van der Waals surface area contributed by atoms with Crippen LogP contribution in [0.4, 0.5) is 0 Å². The smallest absolute Gasteiger partial charge is 0.0791 e. The molecule has 24 heavy (non-hydrogen) atoms. The predicted octanol–water partition coefficient (Wildman–Crippen LogP) is 2.06. The summed E-state index contributed by atoms with van der Waals surface area (Å²) in [5, 5.41) is 13.9. The molecular formula is C20H26N2O2. The Balaban J connectivity index is 1.62. The Bertz CT molecular complexity index is 546. The zero-order valence-corrected chi connectivity index (χ0v) is 14.0. The molecule has 128 valence electrons. The standard InChI is InChI=1S/C20H26N2O2/c23-19(16-22-11-13-24-14-12-22)15-21-20(17-7-3-1-4-8-17)18-9-5-2-6-10-18/h1-10,19-21,23H,11-16H2. The summed E-state index contributed by atoms with van der Waals surface area (Å²) in [5.41, 5.74) is 2.42. The summed E-state index contributed by atoms with van der Waals surface area (Å²) >= 11 is 0. The highest BCUT2D eigenvalue weighted by Gasteiger charge is 2.18. The molecule has 2 aromatic rings. The second kappa shape index (κ2) is 8.94. The van der Waals surface area contributed by atoms with E-state index < -0.39 is 6.10 Å². The molecule has 1 fully saturated rings. The van der Waals surface area contributed by atoms with Crippen molar-refractivity contribution >= 4 is 0 Å². The zero-order chi connectivity index (χ0) is 16.6. The van der Waals surface area contributed by atoms with E-state index in [1.54, 1.807) is 0 Å². The van der Waals surface area contributed by atoms with Gasteiger partial charge in [0.15, 0.2) is 0 Å². The molecule has 0 radical (unpaired) electrons. The highest BCUT2D eigenvalue weighted by molar-refractivity contribution is 5.31.